The molecule has 1 unspecified atom stereocenters. The van der Waals surface area contributed by atoms with Crippen LogP contribution in [-0.2, 0) is 9.59 Å². The predicted molar refractivity (Wildman–Crippen MR) is 110 cm³/mol. The average Bonchev–Trinajstić information content (AvgIpc) is 3.08. The van der Waals surface area contributed by atoms with Gasteiger partial charge in [0.25, 0.3) is 0 Å². The second-order valence-corrected chi connectivity index (χ2v) is 7.74. The van der Waals surface area contributed by atoms with Crippen LogP contribution in [0.5, 0.6) is 0 Å². The zero-order valence-corrected chi connectivity index (χ0v) is 16.0. The zero-order chi connectivity index (χ0) is 19.7. The molecule has 3 heterocycles. The molecule has 0 bridgehead atoms. The molecule has 2 amide bonds. The molecule has 6 heteroatoms. The Morgan fingerprint density at radius 3 is 2.79 bits per heavy atom. The fraction of sp³-hybridized carbons (Fsp3) is 0.409. The molecule has 2 aliphatic rings. The summed E-state index contributed by atoms with van der Waals surface area (Å²) >= 11 is 0. The minimum absolute atomic E-state index is 0.0428. The van der Waals surface area contributed by atoms with Crippen LogP contribution in [0.1, 0.15) is 30.9 Å². The van der Waals surface area contributed by atoms with Gasteiger partial charge >= 0.3 is 0 Å². The number of amides is 2. The monoisotopic (exact) mass is 378 g/mol. The molecular formula is C22H26N4O2. The van der Waals surface area contributed by atoms with E-state index in [2.05, 4.69) is 6.58 Å². The topological polar surface area (TPSA) is 79.5 Å². The molecule has 1 atom stereocenters. The van der Waals surface area contributed by atoms with Crippen molar-refractivity contribution in [2.75, 3.05) is 31.9 Å². The Morgan fingerprint density at radius 1 is 1.29 bits per heavy atom. The van der Waals surface area contributed by atoms with Gasteiger partial charge in [-0.15, -0.1) is 6.58 Å². The predicted octanol–water partition coefficient (Wildman–Crippen LogP) is 2.56. The average molecular weight is 378 g/mol. The Balaban J connectivity index is 1.41. The molecule has 2 N–H and O–H groups in total. The minimum atomic E-state index is -0.229. The molecule has 1 aromatic heterocycles. The van der Waals surface area contributed by atoms with Crippen molar-refractivity contribution in [2.45, 2.75) is 25.2 Å². The minimum Gasteiger partial charge on any atom is -0.397 e. The van der Waals surface area contributed by atoms with Gasteiger partial charge in [0, 0.05) is 43.9 Å². The Kier molecular flexibility index (Phi) is 5.03. The summed E-state index contributed by atoms with van der Waals surface area (Å²) in [5.74, 6) is 0.170. The summed E-state index contributed by atoms with van der Waals surface area (Å²) in [5, 5.41) is 1.05. The highest BCUT2D eigenvalue weighted by atomic mass is 16.2. The highest BCUT2D eigenvalue weighted by Crippen LogP contribution is 2.33. The summed E-state index contributed by atoms with van der Waals surface area (Å²) < 4.78 is 0. The number of piperidine rings is 1. The number of aromatic nitrogens is 1. The first kappa shape index (κ1) is 18.5. The van der Waals surface area contributed by atoms with Crippen LogP contribution in [0.3, 0.4) is 0 Å². The molecule has 6 nitrogen and oxygen atoms in total. The molecule has 28 heavy (non-hydrogen) atoms. The molecule has 0 spiro atoms. The summed E-state index contributed by atoms with van der Waals surface area (Å²) in [6, 6.07) is 9.98. The Morgan fingerprint density at radius 2 is 2.04 bits per heavy atom. The van der Waals surface area contributed by atoms with E-state index in [4.69, 9.17) is 10.7 Å². The SMILES string of the molecule is C=CCN1CC(C(=O)N2CCC(c3nc4ccccc4cc3N)CC2)CC1=O. The van der Waals surface area contributed by atoms with E-state index in [1.165, 1.54) is 0 Å². The van der Waals surface area contributed by atoms with Crippen molar-refractivity contribution in [1.82, 2.24) is 14.8 Å². The quantitative estimate of drug-likeness (QED) is 0.829. The van der Waals surface area contributed by atoms with Crippen molar-refractivity contribution in [3.8, 4) is 0 Å². The number of hydrogen-bond acceptors (Lipinski definition) is 4. The first-order chi connectivity index (χ1) is 13.6. The van der Waals surface area contributed by atoms with Gasteiger partial charge in [-0.25, -0.2) is 0 Å². The number of carbonyl (C=O) groups is 2. The first-order valence-corrected chi connectivity index (χ1v) is 9.89. The van der Waals surface area contributed by atoms with Crippen molar-refractivity contribution in [3.63, 3.8) is 0 Å². The third-order valence-corrected chi connectivity index (χ3v) is 5.89. The van der Waals surface area contributed by atoms with Crippen LogP contribution < -0.4 is 5.73 Å². The lowest BCUT2D eigenvalue weighted by Gasteiger charge is -2.33. The van der Waals surface area contributed by atoms with Gasteiger partial charge in [0.2, 0.25) is 11.8 Å². The van der Waals surface area contributed by atoms with E-state index >= 15 is 0 Å². The maximum atomic E-state index is 12.9. The standard InChI is InChI=1S/C22H26N4O2/c1-2-9-26-14-17(13-20(26)27)22(28)25-10-7-15(8-11-25)21-18(23)12-16-5-3-4-6-19(16)24-21/h2-6,12,15,17H,1,7-11,13-14,23H2. The molecule has 4 rings (SSSR count). The van der Waals surface area contributed by atoms with E-state index in [1.54, 1.807) is 11.0 Å². The van der Waals surface area contributed by atoms with Crippen LogP contribution in [0.4, 0.5) is 5.69 Å². The van der Waals surface area contributed by atoms with E-state index in [0.29, 0.717) is 32.6 Å². The number of nitrogens with zero attached hydrogens (tertiary/aromatic N) is 3. The normalized spacial score (nSPS) is 20.7. The maximum Gasteiger partial charge on any atom is 0.227 e. The summed E-state index contributed by atoms with van der Waals surface area (Å²) in [6.07, 6.45) is 3.71. The van der Waals surface area contributed by atoms with E-state index < -0.39 is 0 Å². The number of hydrogen-bond donors (Lipinski definition) is 1. The largest absolute Gasteiger partial charge is 0.397 e. The van der Waals surface area contributed by atoms with Crippen molar-refractivity contribution in [2.24, 2.45) is 5.92 Å². The van der Waals surface area contributed by atoms with Gasteiger partial charge in [0.15, 0.2) is 0 Å². The smallest absolute Gasteiger partial charge is 0.227 e. The van der Waals surface area contributed by atoms with Crippen LogP contribution in [-0.4, -0.2) is 52.8 Å². The van der Waals surface area contributed by atoms with E-state index in [9.17, 15) is 9.59 Å². The molecule has 2 aliphatic heterocycles. The molecule has 0 saturated carbocycles. The lowest BCUT2D eigenvalue weighted by atomic mass is 9.91. The van der Waals surface area contributed by atoms with Crippen LogP contribution in [0.15, 0.2) is 43.0 Å². The number of likely N-dealkylation sites (tertiary alicyclic amines) is 2. The number of para-hydroxylation sites is 1. The summed E-state index contributed by atoms with van der Waals surface area (Å²) in [6.45, 7) is 6.06. The van der Waals surface area contributed by atoms with Crippen LogP contribution >= 0.6 is 0 Å². The highest BCUT2D eigenvalue weighted by Gasteiger charge is 2.37. The number of rotatable bonds is 4. The van der Waals surface area contributed by atoms with Crippen molar-refractivity contribution in [1.29, 1.82) is 0 Å². The summed E-state index contributed by atoms with van der Waals surface area (Å²) in [4.78, 5) is 33.3. The van der Waals surface area contributed by atoms with Gasteiger partial charge in [0.1, 0.15) is 0 Å². The van der Waals surface area contributed by atoms with E-state index in [0.717, 1.165) is 35.1 Å². The maximum absolute atomic E-state index is 12.9. The molecule has 2 aromatic rings. The number of benzene rings is 1. The van der Waals surface area contributed by atoms with Crippen molar-refractivity contribution < 1.29 is 9.59 Å². The molecule has 0 aliphatic carbocycles. The fourth-order valence-corrected chi connectivity index (χ4v) is 4.38. The van der Waals surface area contributed by atoms with Crippen LogP contribution in [0.2, 0.25) is 0 Å². The number of nitrogens with two attached hydrogens (primary N) is 1. The number of carbonyl (C=O) groups excluding carboxylic acids is 2. The lowest BCUT2D eigenvalue weighted by molar-refractivity contribution is -0.136. The van der Waals surface area contributed by atoms with Crippen molar-refractivity contribution >= 4 is 28.4 Å². The number of nitrogen functional groups attached to an aromatic ring is 1. The van der Waals surface area contributed by atoms with E-state index in [-0.39, 0.29) is 23.7 Å². The molecule has 2 saturated heterocycles. The second kappa shape index (κ2) is 7.62. The van der Waals surface area contributed by atoms with Gasteiger partial charge in [0.05, 0.1) is 22.8 Å². The third-order valence-electron chi connectivity index (χ3n) is 5.89. The van der Waals surface area contributed by atoms with Gasteiger partial charge < -0.3 is 15.5 Å². The van der Waals surface area contributed by atoms with Crippen LogP contribution in [0.25, 0.3) is 10.9 Å². The van der Waals surface area contributed by atoms with Gasteiger partial charge in [-0.05, 0) is 25.0 Å². The Hall–Kier alpha value is -2.89. The summed E-state index contributed by atoms with van der Waals surface area (Å²) in [5.41, 5.74) is 8.90. The van der Waals surface area contributed by atoms with Gasteiger partial charge in [-0.3, -0.25) is 14.6 Å². The fourth-order valence-electron chi connectivity index (χ4n) is 4.38. The lowest BCUT2D eigenvalue weighted by Crippen LogP contribution is -2.42. The summed E-state index contributed by atoms with van der Waals surface area (Å²) in [7, 11) is 0. The molecule has 1 aromatic carbocycles. The first-order valence-electron chi connectivity index (χ1n) is 9.89. The molecule has 0 radical (unpaired) electrons. The number of fused-ring (bicyclic) bond motifs is 1. The van der Waals surface area contributed by atoms with Gasteiger partial charge in [-0.1, -0.05) is 24.3 Å². The second-order valence-electron chi connectivity index (χ2n) is 7.74. The number of anilines is 1. The van der Waals surface area contributed by atoms with Crippen molar-refractivity contribution in [3.05, 3.63) is 48.7 Å². The Labute approximate surface area is 165 Å². The highest BCUT2D eigenvalue weighted by molar-refractivity contribution is 5.89. The van der Waals surface area contributed by atoms with E-state index in [1.807, 2.05) is 35.2 Å². The molecular weight excluding hydrogens is 352 g/mol. The van der Waals surface area contributed by atoms with Crippen LogP contribution in [0, 0.1) is 5.92 Å². The molecule has 2 fully saturated rings. The van der Waals surface area contributed by atoms with Gasteiger partial charge in [-0.2, -0.15) is 0 Å². The number of pyridine rings is 1. The zero-order valence-electron chi connectivity index (χ0n) is 16.0. The third kappa shape index (κ3) is 3.46. The Bertz CT molecular complexity index is 918. The molecule has 146 valence electrons.